The zero-order valence-electron chi connectivity index (χ0n) is 21.2. The van der Waals surface area contributed by atoms with Gasteiger partial charge in [0.1, 0.15) is 12.1 Å². The van der Waals surface area contributed by atoms with Crippen molar-refractivity contribution in [2.45, 2.75) is 71.5 Å². The van der Waals surface area contributed by atoms with E-state index in [-0.39, 0.29) is 42.3 Å². The average molecular weight is 552 g/mol. The van der Waals surface area contributed by atoms with Gasteiger partial charge in [-0.1, -0.05) is 27.7 Å². The number of nitrogens with one attached hydrogen (secondary N) is 3. The van der Waals surface area contributed by atoms with Crippen molar-refractivity contribution in [3.8, 4) is 0 Å². The van der Waals surface area contributed by atoms with Crippen LogP contribution in [-0.4, -0.2) is 47.3 Å². The fourth-order valence-electron chi connectivity index (χ4n) is 3.20. The van der Waals surface area contributed by atoms with E-state index in [9.17, 15) is 24.5 Å². The van der Waals surface area contributed by atoms with Crippen molar-refractivity contribution in [3.63, 3.8) is 0 Å². The van der Waals surface area contributed by atoms with Gasteiger partial charge in [0.05, 0.1) is 11.0 Å². The molecule has 1 aromatic carbocycles. The Bertz CT molecular complexity index is 839. The van der Waals surface area contributed by atoms with Gasteiger partial charge in [0.2, 0.25) is 17.7 Å². The number of hydrogen-bond donors (Lipinski definition) is 5. The predicted molar refractivity (Wildman–Crippen MR) is 145 cm³/mol. The molecule has 0 fully saturated rings. The number of nitrogens with two attached hydrogens (primary N) is 2. The van der Waals surface area contributed by atoms with Gasteiger partial charge in [0.15, 0.2) is 0 Å². The summed E-state index contributed by atoms with van der Waals surface area (Å²) in [5.74, 6) is -1.36. The van der Waals surface area contributed by atoms with Crippen LogP contribution in [0, 0.1) is 22.0 Å². The van der Waals surface area contributed by atoms with E-state index in [0.717, 1.165) is 0 Å². The molecule has 0 aromatic heterocycles. The fourth-order valence-corrected chi connectivity index (χ4v) is 3.20. The smallest absolute Gasteiger partial charge is 0.269 e. The number of benzene rings is 1. The molecule has 3 amide bonds. The zero-order chi connectivity index (χ0) is 25.8. The Kier molecular flexibility index (Phi) is 17.7. The second-order valence-corrected chi connectivity index (χ2v) is 9.10. The summed E-state index contributed by atoms with van der Waals surface area (Å²) in [6, 6.07) is 2.93. The topological polar surface area (TPSA) is 182 Å². The molecule has 0 heterocycles. The number of halogens is 2. The van der Waals surface area contributed by atoms with Crippen LogP contribution < -0.4 is 27.4 Å². The van der Waals surface area contributed by atoms with E-state index >= 15 is 0 Å². The number of nitro benzene ring substituents is 1. The highest BCUT2D eigenvalue weighted by atomic mass is 35.5. The molecule has 36 heavy (non-hydrogen) atoms. The lowest BCUT2D eigenvalue weighted by Gasteiger charge is -2.26. The molecule has 3 atom stereocenters. The summed E-state index contributed by atoms with van der Waals surface area (Å²) in [6.45, 7) is 7.93. The number of carbonyl (C=O) groups is 3. The van der Waals surface area contributed by atoms with Gasteiger partial charge in [0.25, 0.3) is 5.69 Å². The number of rotatable bonds is 14. The fraction of sp³-hybridized carbons (Fsp3) is 0.609. The minimum atomic E-state index is -0.875. The van der Waals surface area contributed by atoms with Crippen molar-refractivity contribution in [2.24, 2.45) is 23.3 Å². The highest BCUT2D eigenvalue weighted by Gasteiger charge is 2.29. The van der Waals surface area contributed by atoms with Gasteiger partial charge in [-0.15, -0.1) is 24.8 Å². The first kappa shape index (κ1) is 35.7. The summed E-state index contributed by atoms with van der Waals surface area (Å²) in [4.78, 5) is 48.8. The monoisotopic (exact) mass is 550 g/mol. The quantitative estimate of drug-likeness (QED) is 0.134. The first-order chi connectivity index (χ1) is 16.0. The van der Waals surface area contributed by atoms with E-state index in [1.807, 2.05) is 27.7 Å². The van der Waals surface area contributed by atoms with Gasteiger partial charge in [0, 0.05) is 17.8 Å². The second kappa shape index (κ2) is 17.9. The molecule has 7 N–H and O–H groups in total. The summed E-state index contributed by atoms with van der Waals surface area (Å²) in [6.07, 6.45) is 2.00. The van der Waals surface area contributed by atoms with Gasteiger partial charge < -0.3 is 27.4 Å². The number of carbonyl (C=O) groups excluding carboxylic acids is 3. The molecule has 0 unspecified atom stereocenters. The number of anilines is 1. The van der Waals surface area contributed by atoms with Crippen LogP contribution >= 0.6 is 24.8 Å². The molecule has 0 saturated carbocycles. The van der Waals surface area contributed by atoms with E-state index < -0.39 is 40.8 Å². The SMILES string of the molecule is CC(C)C[C@H](NC(=O)[C@H](N)C(C)C)C(=O)N[C@@H](CCCCN)C(=O)Nc1ccc([N+](=O)[O-])cc1.Cl.Cl. The van der Waals surface area contributed by atoms with E-state index in [1.165, 1.54) is 24.3 Å². The highest BCUT2D eigenvalue weighted by Crippen LogP contribution is 2.16. The molecule has 206 valence electrons. The van der Waals surface area contributed by atoms with Crippen LogP contribution in [0.2, 0.25) is 0 Å². The number of unbranched alkanes of at least 4 members (excludes halogenated alkanes) is 1. The highest BCUT2D eigenvalue weighted by molar-refractivity contribution is 5.98. The number of hydrogen-bond acceptors (Lipinski definition) is 7. The van der Waals surface area contributed by atoms with Crippen LogP contribution in [0.4, 0.5) is 11.4 Å². The Morgan fingerprint density at radius 1 is 0.917 bits per heavy atom. The third-order valence-corrected chi connectivity index (χ3v) is 5.29. The van der Waals surface area contributed by atoms with Gasteiger partial charge in [-0.2, -0.15) is 0 Å². The third-order valence-electron chi connectivity index (χ3n) is 5.29. The van der Waals surface area contributed by atoms with Crippen molar-refractivity contribution in [2.75, 3.05) is 11.9 Å². The molecule has 0 radical (unpaired) electrons. The molecule has 11 nitrogen and oxygen atoms in total. The molecular weight excluding hydrogens is 511 g/mol. The summed E-state index contributed by atoms with van der Waals surface area (Å²) in [5, 5.41) is 19.0. The van der Waals surface area contributed by atoms with Crippen LogP contribution in [0.15, 0.2) is 24.3 Å². The van der Waals surface area contributed by atoms with Crippen LogP contribution in [0.3, 0.4) is 0 Å². The van der Waals surface area contributed by atoms with Gasteiger partial charge in [-0.05, 0) is 56.2 Å². The largest absolute Gasteiger partial charge is 0.343 e. The Balaban J connectivity index is 0. The first-order valence-corrected chi connectivity index (χ1v) is 11.6. The van der Waals surface area contributed by atoms with Gasteiger partial charge in [-0.3, -0.25) is 24.5 Å². The summed E-state index contributed by atoms with van der Waals surface area (Å²) >= 11 is 0. The number of nitro groups is 1. The van der Waals surface area contributed by atoms with Crippen molar-refractivity contribution in [1.29, 1.82) is 0 Å². The summed E-state index contributed by atoms with van der Waals surface area (Å²) in [5.41, 5.74) is 11.8. The first-order valence-electron chi connectivity index (χ1n) is 11.6. The minimum absolute atomic E-state index is 0. The van der Waals surface area contributed by atoms with E-state index in [2.05, 4.69) is 16.0 Å². The van der Waals surface area contributed by atoms with Crippen molar-refractivity contribution in [1.82, 2.24) is 10.6 Å². The van der Waals surface area contributed by atoms with Crippen molar-refractivity contribution in [3.05, 3.63) is 34.4 Å². The molecule has 1 aromatic rings. The zero-order valence-corrected chi connectivity index (χ0v) is 22.8. The lowest BCUT2D eigenvalue weighted by atomic mass is 10.00. The van der Waals surface area contributed by atoms with E-state index in [1.54, 1.807) is 0 Å². The summed E-state index contributed by atoms with van der Waals surface area (Å²) < 4.78 is 0. The maximum Gasteiger partial charge on any atom is 0.269 e. The maximum atomic E-state index is 13.1. The van der Waals surface area contributed by atoms with Crippen LogP contribution in [0.5, 0.6) is 0 Å². The Hall–Kier alpha value is -2.47. The molecule has 0 saturated heterocycles. The number of non-ortho nitro benzene ring substituents is 1. The summed E-state index contributed by atoms with van der Waals surface area (Å²) in [7, 11) is 0. The molecular formula is C23H40Cl2N6O5. The lowest BCUT2D eigenvalue weighted by Crippen LogP contribution is -2.56. The Morgan fingerprint density at radius 2 is 1.47 bits per heavy atom. The standard InChI is InChI=1S/C23H38N6O5.2ClH/c1-14(2)13-19(28-23(32)20(25)15(3)4)22(31)27-18(7-5-6-12-24)21(30)26-16-8-10-17(11-9-16)29(33)34;;/h8-11,14-15,18-20H,5-7,12-13,24-25H2,1-4H3,(H,26,30)(H,27,31)(H,28,32);2*1H/t18-,19-,20+;;/m0../s1. The number of nitrogens with zero attached hydrogens (tertiary/aromatic N) is 1. The lowest BCUT2D eigenvalue weighted by molar-refractivity contribution is -0.384. The number of amides is 3. The van der Waals surface area contributed by atoms with Crippen molar-refractivity contribution >= 4 is 53.9 Å². The molecule has 0 spiro atoms. The van der Waals surface area contributed by atoms with Gasteiger partial charge >= 0.3 is 0 Å². The Labute approximate surface area is 224 Å². The molecule has 0 aliphatic heterocycles. The molecule has 0 aliphatic rings. The second-order valence-electron chi connectivity index (χ2n) is 9.10. The normalized spacial score (nSPS) is 13.0. The van der Waals surface area contributed by atoms with Crippen LogP contribution in [0.25, 0.3) is 0 Å². The van der Waals surface area contributed by atoms with Gasteiger partial charge in [-0.25, -0.2) is 0 Å². The molecule has 1 rings (SSSR count). The van der Waals surface area contributed by atoms with E-state index in [4.69, 9.17) is 11.5 Å². The average Bonchev–Trinajstić information content (AvgIpc) is 2.77. The Morgan fingerprint density at radius 3 is 1.94 bits per heavy atom. The molecule has 13 heteroatoms. The van der Waals surface area contributed by atoms with Crippen LogP contribution in [-0.2, 0) is 14.4 Å². The van der Waals surface area contributed by atoms with Crippen LogP contribution in [0.1, 0.15) is 53.4 Å². The van der Waals surface area contributed by atoms with E-state index in [0.29, 0.717) is 37.9 Å². The molecule has 0 aliphatic carbocycles. The predicted octanol–water partition coefficient (Wildman–Crippen LogP) is 2.50. The minimum Gasteiger partial charge on any atom is -0.343 e. The van der Waals surface area contributed by atoms with Crippen molar-refractivity contribution < 1.29 is 19.3 Å². The third kappa shape index (κ3) is 12.5. The molecule has 0 bridgehead atoms. The maximum absolute atomic E-state index is 13.1.